The van der Waals surface area contributed by atoms with Crippen molar-refractivity contribution in [1.82, 2.24) is 9.97 Å². The van der Waals surface area contributed by atoms with Crippen LogP contribution in [0.25, 0.3) is 11.0 Å². The molecule has 7 nitrogen and oxygen atoms in total. The molecule has 0 spiro atoms. The van der Waals surface area contributed by atoms with Crippen molar-refractivity contribution in [3.63, 3.8) is 0 Å². The van der Waals surface area contributed by atoms with Gasteiger partial charge in [-0.1, -0.05) is 19.9 Å². The molecule has 1 heterocycles. The number of aromatic amines is 1. The lowest BCUT2D eigenvalue weighted by Gasteiger charge is -2.11. The highest BCUT2D eigenvalue weighted by atomic mass is 32.2. The van der Waals surface area contributed by atoms with Crippen LogP contribution in [0.1, 0.15) is 36.7 Å². The highest BCUT2D eigenvalue weighted by molar-refractivity contribution is 7.92. The van der Waals surface area contributed by atoms with Gasteiger partial charge in [-0.15, -0.1) is 0 Å². The van der Waals surface area contributed by atoms with Crippen molar-refractivity contribution < 1.29 is 17.9 Å². The maximum absolute atomic E-state index is 12.8. The van der Waals surface area contributed by atoms with Gasteiger partial charge in [0.25, 0.3) is 10.0 Å². The molecule has 0 saturated heterocycles. The van der Waals surface area contributed by atoms with Crippen LogP contribution in [-0.4, -0.2) is 25.5 Å². The topological polar surface area (TPSA) is 93.3 Å². The van der Waals surface area contributed by atoms with E-state index in [1.54, 1.807) is 43.5 Å². The number of hydrogen-bond donors (Lipinski definition) is 2. The zero-order valence-electron chi connectivity index (χ0n) is 19.0. The quantitative estimate of drug-likeness (QED) is 0.364. The molecular formula is C25H27N3O4S. The predicted octanol–water partition coefficient (Wildman–Crippen LogP) is 5.38. The number of aryl methyl sites for hydroxylation is 1. The van der Waals surface area contributed by atoms with E-state index in [1.807, 2.05) is 12.1 Å². The van der Waals surface area contributed by atoms with Gasteiger partial charge < -0.3 is 14.5 Å². The van der Waals surface area contributed by atoms with Gasteiger partial charge in [-0.05, 0) is 78.6 Å². The monoisotopic (exact) mass is 465 g/mol. The van der Waals surface area contributed by atoms with E-state index in [0.717, 1.165) is 5.75 Å². The van der Waals surface area contributed by atoms with E-state index in [0.29, 0.717) is 34.2 Å². The Labute approximate surface area is 193 Å². The van der Waals surface area contributed by atoms with Crippen molar-refractivity contribution in [1.29, 1.82) is 0 Å². The van der Waals surface area contributed by atoms with Crippen LogP contribution in [0.2, 0.25) is 0 Å². The molecule has 0 aliphatic carbocycles. The molecule has 1 aromatic heterocycles. The first-order valence-electron chi connectivity index (χ1n) is 10.6. The number of methoxy groups -OCH3 is 1. The smallest absolute Gasteiger partial charge is 0.261 e. The number of nitrogens with one attached hydrogen (secondary N) is 2. The number of anilines is 1. The van der Waals surface area contributed by atoms with Crippen molar-refractivity contribution >= 4 is 26.7 Å². The van der Waals surface area contributed by atoms with Crippen molar-refractivity contribution in [2.24, 2.45) is 0 Å². The molecule has 33 heavy (non-hydrogen) atoms. The Morgan fingerprint density at radius 1 is 1.00 bits per heavy atom. The van der Waals surface area contributed by atoms with Crippen molar-refractivity contribution in [3.05, 3.63) is 77.6 Å². The van der Waals surface area contributed by atoms with Gasteiger partial charge >= 0.3 is 0 Å². The molecule has 0 aliphatic rings. The maximum atomic E-state index is 12.8. The van der Waals surface area contributed by atoms with Crippen LogP contribution >= 0.6 is 0 Å². The summed E-state index contributed by atoms with van der Waals surface area (Å²) in [6, 6.07) is 17.5. The van der Waals surface area contributed by atoms with Gasteiger partial charge in [0.2, 0.25) is 0 Å². The summed E-state index contributed by atoms with van der Waals surface area (Å²) in [5, 5.41) is 0. The van der Waals surface area contributed by atoms with Gasteiger partial charge in [0, 0.05) is 5.69 Å². The first-order chi connectivity index (χ1) is 15.7. The summed E-state index contributed by atoms with van der Waals surface area (Å²) in [5.41, 5.74) is 4.23. The number of rotatable bonds is 8. The molecule has 0 aliphatic heterocycles. The van der Waals surface area contributed by atoms with Gasteiger partial charge in [0.05, 0.1) is 23.0 Å². The summed E-state index contributed by atoms with van der Waals surface area (Å²) in [6.07, 6.45) is 0. The number of sulfonamides is 1. The van der Waals surface area contributed by atoms with E-state index in [-0.39, 0.29) is 11.5 Å². The van der Waals surface area contributed by atoms with Crippen LogP contribution < -0.4 is 14.2 Å². The molecule has 0 fully saturated rings. The molecule has 4 aromatic rings. The standard InChI is InChI=1S/C25H27N3O4S/c1-16(2)22-11-9-20(13-17(22)3)32-15-25-26-23-12-10-21(14-24(23)27-25)33(29,30)28-18-5-7-19(31-4)8-6-18/h5-14,16,28H,15H2,1-4H3,(H,26,27). The number of fused-ring (bicyclic) bond motifs is 1. The first-order valence-corrected chi connectivity index (χ1v) is 12.1. The highest BCUT2D eigenvalue weighted by Gasteiger charge is 2.16. The van der Waals surface area contributed by atoms with E-state index in [1.165, 1.54) is 17.2 Å². The summed E-state index contributed by atoms with van der Waals surface area (Å²) < 4.78 is 39.2. The third kappa shape index (κ3) is 5.12. The lowest BCUT2D eigenvalue weighted by molar-refractivity contribution is 0.297. The van der Waals surface area contributed by atoms with Crippen LogP contribution in [0.15, 0.2) is 65.6 Å². The van der Waals surface area contributed by atoms with E-state index in [9.17, 15) is 8.42 Å². The number of benzene rings is 3. The Bertz CT molecular complexity index is 1380. The fourth-order valence-electron chi connectivity index (χ4n) is 3.69. The minimum Gasteiger partial charge on any atom is -0.497 e. The van der Waals surface area contributed by atoms with Gasteiger partial charge in [0.15, 0.2) is 0 Å². The zero-order chi connectivity index (χ0) is 23.6. The number of imidazole rings is 1. The van der Waals surface area contributed by atoms with Crippen LogP contribution in [-0.2, 0) is 16.6 Å². The second-order valence-electron chi connectivity index (χ2n) is 8.16. The highest BCUT2D eigenvalue weighted by Crippen LogP contribution is 2.25. The SMILES string of the molecule is COc1ccc(NS(=O)(=O)c2ccc3nc(COc4ccc(C(C)C)c(C)c4)[nH]c3c2)cc1. The zero-order valence-corrected chi connectivity index (χ0v) is 19.9. The third-order valence-corrected chi connectivity index (χ3v) is 6.77. The van der Waals surface area contributed by atoms with E-state index < -0.39 is 10.0 Å². The number of nitrogens with zero attached hydrogens (tertiary/aromatic N) is 1. The largest absolute Gasteiger partial charge is 0.497 e. The lowest BCUT2D eigenvalue weighted by Crippen LogP contribution is -2.12. The summed E-state index contributed by atoms with van der Waals surface area (Å²) in [4.78, 5) is 7.81. The van der Waals surface area contributed by atoms with Crippen LogP contribution in [0.5, 0.6) is 11.5 Å². The number of aromatic nitrogens is 2. The second-order valence-corrected chi connectivity index (χ2v) is 9.84. The molecule has 0 atom stereocenters. The Balaban J connectivity index is 1.49. The molecule has 8 heteroatoms. The molecule has 0 unspecified atom stereocenters. The lowest BCUT2D eigenvalue weighted by atomic mass is 9.98. The van der Waals surface area contributed by atoms with Crippen molar-refractivity contribution in [3.8, 4) is 11.5 Å². The van der Waals surface area contributed by atoms with Crippen LogP contribution in [0.3, 0.4) is 0 Å². The van der Waals surface area contributed by atoms with Gasteiger partial charge in [0.1, 0.15) is 23.9 Å². The Morgan fingerprint density at radius 2 is 1.73 bits per heavy atom. The minimum atomic E-state index is -3.76. The van der Waals surface area contributed by atoms with E-state index >= 15 is 0 Å². The average Bonchev–Trinajstić information content (AvgIpc) is 3.20. The number of H-pyrrole nitrogens is 1. The van der Waals surface area contributed by atoms with Gasteiger partial charge in [-0.2, -0.15) is 0 Å². The molecule has 0 amide bonds. The second kappa shape index (κ2) is 9.15. The molecule has 0 radical (unpaired) electrons. The average molecular weight is 466 g/mol. The molecule has 172 valence electrons. The number of hydrogen-bond acceptors (Lipinski definition) is 5. The van der Waals surface area contributed by atoms with Crippen molar-refractivity contribution in [2.75, 3.05) is 11.8 Å². The van der Waals surface area contributed by atoms with Gasteiger partial charge in [-0.3, -0.25) is 4.72 Å². The molecule has 2 N–H and O–H groups in total. The normalized spacial score (nSPS) is 11.7. The molecule has 4 rings (SSSR count). The predicted molar refractivity (Wildman–Crippen MR) is 129 cm³/mol. The summed E-state index contributed by atoms with van der Waals surface area (Å²) in [7, 11) is -2.20. The fraction of sp³-hybridized carbons (Fsp3) is 0.240. The number of ether oxygens (including phenoxy) is 2. The molecule has 0 bridgehead atoms. The Hall–Kier alpha value is -3.52. The summed E-state index contributed by atoms with van der Waals surface area (Å²) >= 11 is 0. The summed E-state index contributed by atoms with van der Waals surface area (Å²) in [6.45, 7) is 6.66. The molecule has 3 aromatic carbocycles. The van der Waals surface area contributed by atoms with Crippen molar-refractivity contribution in [2.45, 2.75) is 38.2 Å². The van der Waals surface area contributed by atoms with Crippen LogP contribution in [0.4, 0.5) is 5.69 Å². The third-order valence-electron chi connectivity index (χ3n) is 5.39. The fourth-order valence-corrected chi connectivity index (χ4v) is 4.77. The Kier molecular flexibility index (Phi) is 6.29. The molecular weight excluding hydrogens is 438 g/mol. The van der Waals surface area contributed by atoms with E-state index in [2.05, 4.69) is 41.5 Å². The van der Waals surface area contributed by atoms with E-state index in [4.69, 9.17) is 9.47 Å². The Morgan fingerprint density at radius 3 is 2.39 bits per heavy atom. The van der Waals surface area contributed by atoms with Crippen LogP contribution in [0, 0.1) is 6.92 Å². The van der Waals surface area contributed by atoms with Gasteiger partial charge in [-0.25, -0.2) is 13.4 Å². The maximum Gasteiger partial charge on any atom is 0.261 e. The minimum absolute atomic E-state index is 0.141. The molecule has 0 saturated carbocycles. The summed E-state index contributed by atoms with van der Waals surface area (Å²) in [5.74, 6) is 2.49. The first kappa shape index (κ1) is 22.7.